The molecule has 11 heteroatoms. The lowest BCUT2D eigenvalue weighted by Crippen LogP contribution is -2.54. The molecule has 0 fully saturated rings. The summed E-state index contributed by atoms with van der Waals surface area (Å²) in [6.07, 6.45) is -3.18. The topological polar surface area (TPSA) is 161 Å². The third-order valence-electron chi connectivity index (χ3n) is 4.80. The molecular formula is C25H22N2O9. The Morgan fingerprint density at radius 1 is 0.778 bits per heavy atom. The first-order valence-electron chi connectivity index (χ1n) is 10.6. The van der Waals surface area contributed by atoms with E-state index >= 15 is 0 Å². The second kappa shape index (κ2) is 11.5. The standard InChI is InChI=1S/C25H22N2O9/c1-14-6-3-8-16(12-14)24(32)35-19(22(29)27-26-21(28)18-10-5-11-34-18)20(23(30)31)36-25(33)17-9-4-7-15(2)13-17/h3-13,19-20H,1-2H3,(H,26,28)(H,27,29)(H,30,31). The third kappa shape index (κ3) is 6.56. The molecule has 3 rings (SSSR count). The number of rotatable bonds is 8. The Labute approximate surface area is 205 Å². The summed E-state index contributed by atoms with van der Waals surface area (Å²) in [5.74, 6) is -6.14. The number of carbonyl (C=O) groups excluding carboxylic acids is 4. The highest BCUT2D eigenvalue weighted by Gasteiger charge is 2.41. The van der Waals surface area contributed by atoms with E-state index < -0.39 is 41.9 Å². The van der Waals surface area contributed by atoms with Gasteiger partial charge in [0.1, 0.15) is 0 Å². The Morgan fingerprint density at radius 2 is 1.33 bits per heavy atom. The Bertz CT molecular complexity index is 1280. The van der Waals surface area contributed by atoms with Crippen molar-refractivity contribution < 1.29 is 43.0 Å². The van der Waals surface area contributed by atoms with Gasteiger partial charge in [-0.1, -0.05) is 35.4 Å². The van der Waals surface area contributed by atoms with Crippen molar-refractivity contribution >= 4 is 29.7 Å². The summed E-state index contributed by atoms with van der Waals surface area (Å²) in [6, 6.07) is 15.0. The molecule has 0 spiro atoms. The van der Waals surface area contributed by atoms with Crippen LogP contribution in [0.2, 0.25) is 0 Å². The van der Waals surface area contributed by atoms with Gasteiger partial charge in [0.15, 0.2) is 5.76 Å². The second-order valence-electron chi connectivity index (χ2n) is 7.65. The quantitative estimate of drug-likeness (QED) is 0.315. The summed E-state index contributed by atoms with van der Waals surface area (Å²) < 4.78 is 15.2. The van der Waals surface area contributed by atoms with Crippen LogP contribution >= 0.6 is 0 Å². The lowest BCUT2D eigenvalue weighted by atomic mass is 10.1. The summed E-state index contributed by atoms with van der Waals surface area (Å²) in [5.41, 5.74) is 5.45. The van der Waals surface area contributed by atoms with Crippen molar-refractivity contribution in [2.75, 3.05) is 0 Å². The smallest absolute Gasteiger partial charge is 0.349 e. The first-order valence-corrected chi connectivity index (χ1v) is 10.6. The molecule has 0 aliphatic heterocycles. The van der Waals surface area contributed by atoms with Crippen molar-refractivity contribution in [3.05, 3.63) is 94.9 Å². The van der Waals surface area contributed by atoms with Crippen molar-refractivity contribution in [3.8, 4) is 0 Å². The number of hydrogen-bond donors (Lipinski definition) is 3. The zero-order valence-corrected chi connectivity index (χ0v) is 19.2. The minimum absolute atomic E-state index is 0.0246. The maximum absolute atomic E-state index is 12.9. The average Bonchev–Trinajstić information content (AvgIpc) is 3.39. The van der Waals surface area contributed by atoms with Gasteiger partial charge in [-0.3, -0.25) is 20.4 Å². The molecular weight excluding hydrogens is 472 g/mol. The van der Waals surface area contributed by atoms with Crippen LogP contribution < -0.4 is 10.9 Å². The monoisotopic (exact) mass is 494 g/mol. The van der Waals surface area contributed by atoms with Gasteiger partial charge in [-0.05, 0) is 50.2 Å². The zero-order valence-electron chi connectivity index (χ0n) is 19.2. The van der Waals surface area contributed by atoms with Gasteiger partial charge in [0, 0.05) is 0 Å². The Balaban J connectivity index is 1.85. The number of aryl methyl sites for hydroxylation is 2. The van der Waals surface area contributed by atoms with Gasteiger partial charge in [-0.2, -0.15) is 0 Å². The Hall–Kier alpha value is -4.93. The van der Waals surface area contributed by atoms with Gasteiger partial charge in [-0.15, -0.1) is 0 Å². The number of carbonyl (C=O) groups is 5. The van der Waals surface area contributed by atoms with Crippen molar-refractivity contribution in [3.63, 3.8) is 0 Å². The molecule has 0 radical (unpaired) electrons. The number of esters is 2. The number of nitrogens with one attached hydrogen (secondary N) is 2. The highest BCUT2D eigenvalue weighted by molar-refractivity contribution is 5.98. The average molecular weight is 494 g/mol. The van der Waals surface area contributed by atoms with Crippen LogP contribution in [0, 0.1) is 13.8 Å². The van der Waals surface area contributed by atoms with Gasteiger partial charge in [0.25, 0.3) is 5.91 Å². The maximum Gasteiger partial charge on any atom is 0.349 e. The summed E-state index contributed by atoms with van der Waals surface area (Å²) in [6.45, 7) is 3.43. The van der Waals surface area contributed by atoms with Gasteiger partial charge in [0.05, 0.1) is 17.4 Å². The molecule has 186 valence electrons. The summed E-state index contributed by atoms with van der Waals surface area (Å²) in [4.78, 5) is 62.3. The van der Waals surface area contributed by atoms with E-state index in [1.54, 1.807) is 38.1 Å². The number of carboxylic acids is 1. The number of ether oxygens (including phenoxy) is 2. The largest absolute Gasteiger partial charge is 0.478 e. The van der Waals surface area contributed by atoms with Gasteiger partial charge >= 0.3 is 23.8 Å². The van der Waals surface area contributed by atoms with Crippen molar-refractivity contribution in [2.24, 2.45) is 0 Å². The van der Waals surface area contributed by atoms with Gasteiger partial charge < -0.3 is 19.0 Å². The molecule has 0 aliphatic carbocycles. The van der Waals surface area contributed by atoms with E-state index in [1.165, 1.54) is 42.7 Å². The molecule has 1 aromatic heterocycles. The molecule has 0 aliphatic rings. The lowest BCUT2D eigenvalue weighted by molar-refractivity contribution is -0.159. The van der Waals surface area contributed by atoms with E-state index in [-0.39, 0.29) is 16.9 Å². The minimum atomic E-state index is -2.24. The number of hydrazine groups is 1. The second-order valence-corrected chi connectivity index (χ2v) is 7.65. The van der Waals surface area contributed by atoms with E-state index in [9.17, 15) is 29.1 Å². The van der Waals surface area contributed by atoms with Crippen molar-refractivity contribution in [2.45, 2.75) is 26.1 Å². The normalized spacial score (nSPS) is 12.1. The van der Waals surface area contributed by atoms with Crippen molar-refractivity contribution in [1.29, 1.82) is 0 Å². The number of amides is 2. The van der Waals surface area contributed by atoms with E-state index in [1.807, 2.05) is 10.9 Å². The maximum atomic E-state index is 12.9. The fraction of sp³-hybridized carbons (Fsp3) is 0.160. The molecule has 2 aromatic carbocycles. The van der Waals surface area contributed by atoms with Crippen LogP contribution in [0.3, 0.4) is 0 Å². The van der Waals surface area contributed by atoms with Gasteiger partial charge in [-0.25, -0.2) is 14.4 Å². The van der Waals surface area contributed by atoms with Gasteiger partial charge in [0.2, 0.25) is 12.2 Å². The summed E-state index contributed by atoms with van der Waals surface area (Å²) in [5, 5.41) is 9.75. The number of aliphatic carboxylic acids is 1. The lowest BCUT2D eigenvalue weighted by Gasteiger charge is -2.23. The molecule has 2 amide bonds. The predicted molar refractivity (Wildman–Crippen MR) is 123 cm³/mol. The molecule has 1 heterocycles. The zero-order chi connectivity index (χ0) is 26.2. The van der Waals surface area contributed by atoms with Crippen LogP contribution in [0.5, 0.6) is 0 Å². The highest BCUT2D eigenvalue weighted by atomic mass is 16.6. The molecule has 36 heavy (non-hydrogen) atoms. The van der Waals surface area contributed by atoms with E-state index in [4.69, 9.17) is 13.9 Å². The molecule has 0 bridgehead atoms. The number of furan rings is 1. The van der Waals surface area contributed by atoms with Crippen LogP contribution in [-0.2, 0) is 19.1 Å². The van der Waals surface area contributed by atoms with Crippen LogP contribution in [0.1, 0.15) is 42.4 Å². The number of hydrogen-bond acceptors (Lipinski definition) is 8. The van der Waals surface area contributed by atoms with Crippen molar-refractivity contribution in [1.82, 2.24) is 10.9 Å². The Kier molecular flexibility index (Phi) is 8.18. The molecule has 0 saturated heterocycles. The third-order valence-corrected chi connectivity index (χ3v) is 4.80. The fourth-order valence-electron chi connectivity index (χ4n) is 3.06. The SMILES string of the molecule is Cc1cccc(C(=O)OC(C(=O)O)C(OC(=O)c2cccc(C)c2)C(=O)NNC(=O)c2ccco2)c1. The van der Waals surface area contributed by atoms with Crippen LogP contribution in [0.25, 0.3) is 0 Å². The first kappa shape index (κ1) is 25.7. The molecule has 2 atom stereocenters. The predicted octanol–water partition coefficient (Wildman–Crippen LogP) is 2.19. The molecule has 2 unspecified atom stereocenters. The molecule has 3 N–H and O–H groups in total. The number of carboxylic acid groups (broad SMARTS) is 1. The van der Waals surface area contributed by atoms with E-state index in [0.717, 1.165) is 0 Å². The summed E-state index contributed by atoms with van der Waals surface area (Å²) in [7, 11) is 0. The fourth-order valence-corrected chi connectivity index (χ4v) is 3.06. The molecule has 0 saturated carbocycles. The van der Waals surface area contributed by atoms with Crippen LogP contribution in [-0.4, -0.2) is 47.0 Å². The number of benzene rings is 2. The minimum Gasteiger partial charge on any atom is -0.478 e. The molecule has 11 nitrogen and oxygen atoms in total. The van der Waals surface area contributed by atoms with Crippen LogP contribution in [0.15, 0.2) is 71.3 Å². The van der Waals surface area contributed by atoms with E-state index in [2.05, 4.69) is 0 Å². The first-order chi connectivity index (χ1) is 17.2. The van der Waals surface area contributed by atoms with E-state index in [0.29, 0.717) is 11.1 Å². The van der Waals surface area contributed by atoms with Crippen LogP contribution in [0.4, 0.5) is 0 Å². The summed E-state index contributed by atoms with van der Waals surface area (Å²) >= 11 is 0. The Morgan fingerprint density at radius 3 is 1.81 bits per heavy atom. The highest BCUT2D eigenvalue weighted by Crippen LogP contribution is 2.15. The molecule has 3 aromatic rings.